The summed E-state index contributed by atoms with van der Waals surface area (Å²) in [4.78, 5) is 4.32. The maximum Gasteiger partial charge on any atom is 0.131 e. The Morgan fingerprint density at radius 3 is 2.38 bits per heavy atom. The van der Waals surface area contributed by atoms with Crippen LogP contribution < -0.4 is 4.74 Å². The van der Waals surface area contributed by atoms with Gasteiger partial charge >= 0.3 is 0 Å². The van der Waals surface area contributed by atoms with E-state index in [-0.39, 0.29) is 5.82 Å². The molecular formula is C18H14FNO. The van der Waals surface area contributed by atoms with Crippen molar-refractivity contribution < 1.29 is 9.13 Å². The van der Waals surface area contributed by atoms with Gasteiger partial charge in [0, 0.05) is 17.3 Å². The third-order valence-corrected chi connectivity index (χ3v) is 3.33. The number of aromatic nitrogens is 1. The largest absolute Gasteiger partial charge is 0.497 e. The summed E-state index contributed by atoms with van der Waals surface area (Å²) in [5.74, 6) is 0.484. The number of methoxy groups -OCH3 is 1. The molecule has 0 fully saturated rings. The van der Waals surface area contributed by atoms with E-state index >= 15 is 0 Å². The molecule has 21 heavy (non-hydrogen) atoms. The second kappa shape index (κ2) is 5.75. The van der Waals surface area contributed by atoms with E-state index in [2.05, 4.69) is 4.98 Å². The van der Waals surface area contributed by atoms with Gasteiger partial charge in [-0.25, -0.2) is 4.39 Å². The molecule has 0 saturated carbocycles. The summed E-state index contributed by atoms with van der Waals surface area (Å²) in [6, 6.07) is 18.0. The van der Waals surface area contributed by atoms with E-state index in [1.807, 2.05) is 48.5 Å². The predicted molar refractivity (Wildman–Crippen MR) is 81.6 cm³/mol. The average molecular weight is 279 g/mol. The Balaban J connectivity index is 2.17. The Bertz CT molecular complexity index is 739. The first-order chi connectivity index (χ1) is 10.3. The maximum atomic E-state index is 14.3. The van der Waals surface area contributed by atoms with Crippen LogP contribution >= 0.6 is 0 Å². The number of hydrogen-bond donors (Lipinski definition) is 0. The Labute approximate surface area is 122 Å². The van der Waals surface area contributed by atoms with Crippen molar-refractivity contribution in [3.05, 3.63) is 72.7 Å². The molecule has 0 unspecified atom stereocenters. The zero-order chi connectivity index (χ0) is 14.7. The molecule has 1 heterocycles. The molecule has 2 aromatic carbocycles. The van der Waals surface area contributed by atoms with E-state index in [1.165, 1.54) is 6.07 Å². The minimum absolute atomic E-state index is 0.261. The Morgan fingerprint density at radius 2 is 1.71 bits per heavy atom. The molecule has 0 aliphatic heterocycles. The topological polar surface area (TPSA) is 22.1 Å². The fourth-order valence-electron chi connectivity index (χ4n) is 2.31. The molecule has 0 amide bonds. The molecule has 3 rings (SSSR count). The van der Waals surface area contributed by atoms with Gasteiger partial charge in [-0.1, -0.05) is 30.3 Å². The summed E-state index contributed by atoms with van der Waals surface area (Å²) in [5, 5.41) is 0. The highest BCUT2D eigenvalue weighted by molar-refractivity contribution is 5.82. The Morgan fingerprint density at radius 1 is 0.905 bits per heavy atom. The lowest BCUT2D eigenvalue weighted by Gasteiger charge is -2.11. The number of pyridine rings is 1. The number of nitrogens with zero attached hydrogens (tertiary/aromatic N) is 1. The smallest absolute Gasteiger partial charge is 0.131 e. The van der Waals surface area contributed by atoms with Crippen LogP contribution in [-0.2, 0) is 0 Å². The first kappa shape index (κ1) is 13.3. The highest BCUT2D eigenvalue weighted by Gasteiger charge is 2.13. The van der Waals surface area contributed by atoms with E-state index in [4.69, 9.17) is 4.74 Å². The molecule has 1 aromatic heterocycles. The summed E-state index contributed by atoms with van der Waals surface area (Å²) in [5.41, 5.74) is 2.89. The monoisotopic (exact) mass is 279 g/mol. The highest BCUT2D eigenvalue weighted by atomic mass is 19.1. The third kappa shape index (κ3) is 2.63. The Hall–Kier alpha value is -2.68. The summed E-state index contributed by atoms with van der Waals surface area (Å²) in [6.45, 7) is 0. The van der Waals surface area contributed by atoms with E-state index < -0.39 is 0 Å². The van der Waals surface area contributed by atoms with Crippen LogP contribution in [0, 0.1) is 5.82 Å². The van der Waals surface area contributed by atoms with Gasteiger partial charge in [-0.2, -0.15) is 0 Å². The molecular weight excluding hydrogens is 265 g/mol. The van der Waals surface area contributed by atoms with Crippen LogP contribution in [0.15, 0.2) is 66.9 Å². The molecule has 104 valence electrons. The van der Waals surface area contributed by atoms with Crippen LogP contribution in [0.4, 0.5) is 4.39 Å². The van der Waals surface area contributed by atoms with Crippen molar-refractivity contribution in [2.45, 2.75) is 0 Å². The second-order valence-corrected chi connectivity index (χ2v) is 4.61. The van der Waals surface area contributed by atoms with E-state index in [1.54, 1.807) is 19.4 Å². The Kier molecular flexibility index (Phi) is 3.65. The fourth-order valence-corrected chi connectivity index (χ4v) is 2.31. The van der Waals surface area contributed by atoms with Gasteiger partial charge < -0.3 is 4.74 Å². The molecule has 3 aromatic rings. The van der Waals surface area contributed by atoms with Gasteiger partial charge in [-0.05, 0) is 35.9 Å². The van der Waals surface area contributed by atoms with E-state index in [9.17, 15) is 4.39 Å². The zero-order valence-corrected chi connectivity index (χ0v) is 11.6. The molecule has 0 aliphatic rings. The maximum absolute atomic E-state index is 14.3. The van der Waals surface area contributed by atoms with Crippen molar-refractivity contribution in [3.8, 4) is 28.1 Å². The highest BCUT2D eigenvalue weighted by Crippen LogP contribution is 2.33. The first-order valence-electron chi connectivity index (χ1n) is 6.64. The number of halogens is 1. The van der Waals surface area contributed by atoms with Gasteiger partial charge in [-0.15, -0.1) is 0 Å². The van der Waals surface area contributed by atoms with Gasteiger partial charge in [-0.3, -0.25) is 4.98 Å². The molecule has 0 saturated heterocycles. The summed E-state index contributed by atoms with van der Waals surface area (Å²) >= 11 is 0. The SMILES string of the molecule is COc1ccc(-c2c(F)cccc2-c2ccccn2)cc1. The van der Waals surface area contributed by atoms with Crippen LogP contribution in [0.2, 0.25) is 0 Å². The quantitative estimate of drug-likeness (QED) is 0.701. The first-order valence-corrected chi connectivity index (χ1v) is 6.64. The van der Waals surface area contributed by atoms with Gasteiger partial charge in [0.2, 0.25) is 0 Å². The van der Waals surface area contributed by atoms with Crippen LogP contribution in [0.25, 0.3) is 22.4 Å². The standard InChI is InChI=1S/C18H14FNO/c1-21-14-10-8-13(9-11-14)18-15(5-4-6-16(18)19)17-7-2-3-12-20-17/h2-12H,1H3. The summed E-state index contributed by atoms with van der Waals surface area (Å²) in [6.07, 6.45) is 1.71. The van der Waals surface area contributed by atoms with Crippen LogP contribution in [0.1, 0.15) is 0 Å². The minimum atomic E-state index is -0.261. The predicted octanol–water partition coefficient (Wildman–Crippen LogP) is 4.56. The molecule has 0 atom stereocenters. The van der Waals surface area contributed by atoms with E-state index in [0.29, 0.717) is 5.56 Å². The lowest BCUT2D eigenvalue weighted by atomic mass is 9.96. The van der Waals surface area contributed by atoms with Crippen molar-refractivity contribution in [3.63, 3.8) is 0 Å². The van der Waals surface area contributed by atoms with Crippen molar-refractivity contribution in [2.24, 2.45) is 0 Å². The fraction of sp³-hybridized carbons (Fsp3) is 0.0556. The number of hydrogen-bond acceptors (Lipinski definition) is 2. The van der Waals surface area contributed by atoms with Crippen molar-refractivity contribution in [1.82, 2.24) is 4.98 Å². The van der Waals surface area contributed by atoms with Gasteiger partial charge in [0.1, 0.15) is 11.6 Å². The van der Waals surface area contributed by atoms with Crippen LogP contribution in [0.5, 0.6) is 5.75 Å². The third-order valence-electron chi connectivity index (χ3n) is 3.33. The zero-order valence-electron chi connectivity index (χ0n) is 11.6. The normalized spacial score (nSPS) is 10.4. The molecule has 2 nitrogen and oxygen atoms in total. The molecule has 3 heteroatoms. The van der Waals surface area contributed by atoms with Crippen LogP contribution in [0.3, 0.4) is 0 Å². The minimum Gasteiger partial charge on any atom is -0.497 e. The van der Waals surface area contributed by atoms with Gasteiger partial charge in [0.05, 0.1) is 12.8 Å². The summed E-state index contributed by atoms with van der Waals surface area (Å²) in [7, 11) is 1.61. The molecule has 0 N–H and O–H groups in total. The van der Waals surface area contributed by atoms with Crippen molar-refractivity contribution in [2.75, 3.05) is 7.11 Å². The average Bonchev–Trinajstić information content (AvgIpc) is 2.55. The van der Waals surface area contributed by atoms with E-state index in [0.717, 1.165) is 22.6 Å². The number of rotatable bonds is 3. The van der Waals surface area contributed by atoms with Crippen molar-refractivity contribution in [1.29, 1.82) is 0 Å². The molecule has 0 bridgehead atoms. The van der Waals surface area contributed by atoms with Crippen LogP contribution in [-0.4, -0.2) is 12.1 Å². The number of ether oxygens (including phenoxy) is 1. The number of benzene rings is 2. The second-order valence-electron chi connectivity index (χ2n) is 4.61. The summed E-state index contributed by atoms with van der Waals surface area (Å²) < 4.78 is 19.5. The lowest BCUT2D eigenvalue weighted by Crippen LogP contribution is -1.92. The van der Waals surface area contributed by atoms with Crippen molar-refractivity contribution >= 4 is 0 Å². The molecule has 0 radical (unpaired) electrons. The molecule has 0 spiro atoms. The van der Waals surface area contributed by atoms with Gasteiger partial charge in [0.25, 0.3) is 0 Å². The molecule has 0 aliphatic carbocycles. The lowest BCUT2D eigenvalue weighted by molar-refractivity contribution is 0.415. The van der Waals surface area contributed by atoms with Gasteiger partial charge in [0.15, 0.2) is 0 Å².